The minimum Gasteiger partial charge on any atom is -0.503 e. The van der Waals surface area contributed by atoms with Crippen molar-refractivity contribution >= 4 is 67.3 Å². The zero-order chi connectivity index (χ0) is 30.4. The number of benzene rings is 4. The number of nitro benzene ring substituents is 1. The summed E-state index contributed by atoms with van der Waals surface area (Å²) in [4.78, 5) is 39.4. The van der Waals surface area contributed by atoms with Gasteiger partial charge in [-0.05, 0) is 46.2 Å². The van der Waals surface area contributed by atoms with Crippen molar-refractivity contribution in [2.75, 3.05) is 4.90 Å². The molecule has 44 heavy (non-hydrogen) atoms. The summed E-state index contributed by atoms with van der Waals surface area (Å²) in [5.74, 6) is -1.73. The zero-order valence-electron chi connectivity index (χ0n) is 22.6. The lowest BCUT2D eigenvalue weighted by Gasteiger charge is -2.23. The van der Waals surface area contributed by atoms with Gasteiger partial charge in [-0.1, -0.05) is 83.8 Å². The Hall–Kier alpha value is -5.33. The molecule has 0 spiro atoms. The second-order valence-corrected chi connectivity index (χ2v) is 12.1. The maximum Gasteiger partial charge on any atom is 0.296 e. The van der Waals surface area contributed by atoms with E-state index in [-0.39, 0.29) is 22.2 Å². The number of aliphatic hydroxyl groups excluding tert-OH is 1. The Labute approximate surface area is 257 Å². The number of thioether (sulfide) groups is 1. The first kappa shape index (κ1) is 27.5. The van der Waals surface area contributed by atoms with Crippen LogP contribution in [0.25, 0.3) is 21.7 Å². The van der Waals surface area contributed by atoms with Gasteiger partial charge >= 0.3 is 0 Å². The van der Waals surface area contributed by atoms with E-state index in [9.17, 15) is 24.8 Å². The first-order valence-electron chi connectivity index (χ1n) is 13.4. The Kier molecular flexibility index (Phi) is 6.91. The molecule has 12 heteroatoms. The summed E-state index contributed by atoms with van der Waals surface area (Å²) in [7, 11) is 0. The number of anilines is 1. The maximum absolute atomic E-state index is 13.8. The highest BCUT2D eigenvalue weighted by molar-refractivity contribution is 8.00. The van der Waals surface area contributed by atoms with Crippen LogP contribution >= 0.6 is 23.1 Å². The molecule has 6 aromatic rings. The summed E-state index contributed by atoms with van der Waals surface area (Å²) in [5, 5.41) is 34.0. The van der Waals surface area contributed by atoms with Crippen molar-refractivity contribution in [1.82, 2.24) is 10.2 Å². The number of rotatable bonds is 8. The van der Waals surface area contributed by atoms with E-state index in [1.54, 1.807) is 30.3 Å². The monoisotopic (exact) mass is 620 g/mol. The normalized spacial score (nSPS) is 15.0. The van der Waals surface area contributed by atoms with Crippen molar-refractivity contribution in [2.24, 2.45) is 0 Å². The highest BCUT2D eigenvalue weighted by Crippen LogP contribution is 2.44. The molecule has 1 aliphatic rings. The molecule has 3 heterocycles. The quantitative estimate of drug-likeness (QED) is 0.0605. The number of fused-ring (bicyclic) bond motifs is 2. The van der Waals surface area contributed by atoms with Gasteiger partial charge in [0, 0.05) is 23.3 Å². The summed E-state index contributed by atoms with van der Waals surface area (Å²) in [6.45, 7) is 0. The molecule has 10 nitrogen and oxygen atoms in total. The highest BCUT2D eigenvalue weighted by Gasteiger charge is 2.47. The summed E-state index contributed by atoms with van der Waals surface area (Å²) < 4.78 is 6.35. The molecular weight excluding hydrogens is 601 g/mol. The number of non-ortho nitro benzene ring substituents is 1. The molecule has 4 aromatic carbocycles. The second-order valence-electron chi connectivity index (χ2n) is 9.94. The molecule has 0 saturated heterocycles. The number of carbonyl (C=O) groups excluding carboxylic acids is 2. The van der Waals surface area contributed by atoms with Crippen LogP contribution in [0, 0.1) is 10.1 Å². The van der Waals surface area contributed by atoms with Gasteiger partial charge in [-0.25, -0.2) is 0 Å². The summed E-state index contributed by atoms with van der Waals surface area (Å²) >= 11 is 2.60. The molecule has 0 bridgehead atoms. The second kappa shape index (κ2) is 11.1. The lowest BCUT2D eigenvalue weighted by atomic mass is 9.95. The third-order valence-electron chi connectivity index (χ3n) is 7.35. The Balaban J connectivity index is 1.24. The van der Waals surface area contributed by atoms with Crippen molar-refractivity contribution in [3.05, 3.63) is 135 Å². The highest BCUT2D eigenvalue weighted by atomic mass is 32.2. The van der Waals surface area contributed by atoms with Crippen LogP contribution in [0.5, 0.6) is 0 Å². The SMILES string of the molecule is O=C(C1=C(O)C(=O)N(c2nnc(SCc3cccc4ccccc34)s2)C1c1ccc([N+](=O)[O-])cc1)c1cc2ccccc2o1. The number of ketones is 1. The van der Waals surface area contributed by atoms with E-state index < -0.39 is 28.4 Å². The molecule has 216 valence electrons. The Bertz CT molecular complexity index is 2100. The van der Waals surface area contributed by atoms with Gasteiger partial charge in [0.15, 0.2) is 15.9 Å². The van der Waals surface area contributed by atoms with E-state index in [4.69, 9.17) is 4.42 Å². The fourth-order valence-electron chi connectivity index (χ4n) is 5.27. The van der Waals surface area contributed by atoms with Gasteiger partial charge in [0.25, 0.3) is 11.6 Å². The Morgan fingerprint density at radius 3 is 2.48 bits per heavy atom. The molecule has 0 radical (unpaired) electrons. The number of carbonyl (C=O) groups is 2. The summed E-state index contributed by atoms with van der Waals surface area (Å²) in [6.07, 6.45) is 0. The van der Waals surface area contributed by atoms with Crippen LogP contribution < -0.4 is 4.90 Å². The molecule has 2 aromatic heterocycles. The van der Waals surface area contributed by atoms with E-state index in [0.29, 0.717) is 26.6 Å². The van der Waals surface area contributed by atoms with E-state index in [2.05, 4.69) is 16.3 Å². The number of furan rings is 1. The predicted octanol–water partition coefficient (Wildman–Crippen LogP) is 7.42. The largest absolute Gasteiger partial charge is 0.503 e. The number of nitro groups is 1. The van der Waals surface area contributed by atoms with Crippen LogP contribution in [0.2, 0.25) is 0 Å². The first-order chi connectivity index (χ1) is 21.4. The Morgan fingerprint density at radius 2 is 1.70 bits per heavy atom. The summed E-state index contributed by atoms with van der Waals surface area (Å²) in [6, 6.07) is 27.1. The van der Waals surface area contributed by atoms with E-state index in [1.165, 1.54) is 40.9 Å². The minimum absolute atomic E-state index is 0.0575. The van der Waals surface area contributed by atoms with Gasteiger partial charge in [-0.3, -0.25) is 24.6 Å². The Morgan fingerprint density at radius 1 is 0.977 bits per heavy atom. The van der Waals surface area contributed by atoms with Crippen molar-refractivity contribution in [3.8, 4) is 0 Å². The van der Waals surface area contributed by atoms with Crippen LogP contribution in [-0.4, -0.2) is 31.9 Å². The number of hydrogen-bond acceptors (Lipinski definition) is 10. The molecule has 1 unspecified atom stereocenters. The first-order valence-corrected chi connectivity index (χ1v) is 15.2. The number of Topliss-reactive ketones (excluding diaryl/α,β-unsaturated/α-hetero) is 1. The van der Waals surface area contributed by atoms with Crippen LogP contribution in [-0.2, 0) is 10.5 Å². The zero-order valence-corrected chi connectivity index (χ0v) is 24.2. The van der Waals surface area contributed by atoms with Gasteiger partial charge in [0.2, 0.25) is 10.9 Å². The van der Waals surface area contributed by atoms with E-state index >= 15 is 0 Å². The predicted molar refractivity (Wildman–Crippen MR) is 167 cm³/mol. The number of aromatic nitrogens is 2. The van der Waals surface area contributed by atoms with E-state index in [1.807, 2.05) is 36.4 Å². The van der Waals surface area contributed by atoms with Crippen LogP contribution in [0.3, 0.4) is 0 Å². The molecule has 0 fully saturated rings. The van der Waals surface area contributed by atoms with Gasteiger partial charge in [-0.2, -0.15) is 0 Å². The van der Waals surface area contributed by atoms with Crippen LogP contribution in [0.15, 0.2) is 117 Å². The van der Waals surface area contributed by atoms with Gasteiger partial charge in [-0.15, -0.1) is 10.2 Å². The molecule has 1 aliphatic heterocycles. The van der Waals surface area contributed by atoms with Crippen molar-refractivity contribution in [2.45, 2.75) is 16.1 Å². The average molecular weight is 621 g/mol. The maximum atomic E-state index is 13.8. The molecule has 1 N–H and O–H groups in total. The molecule has 7 rings (SSSR count). The minimum atomic E-state index is -1.13. The van der Waals surface area contributed by atoms with Gasteiger partial charge in [0.1, 0.15) is 5.58 Å². The van der Waals surface area contributed by atoms with Crippen molar-refractivity contribution in [3.63, 3.8) is 0 Å². The molecule has 1 atom stereocenters. The van der Waals surface area contributed by atoms with Crippen LogP contribution in [0.1, 0.15) is 27.7 Å². The summed E-state index contributed by atoms with van der Waals surface area (Å²) in [5.41, 5.74) is 1.58. The number of amides is 1. The smallest absolute Gasteiger partial charge is 0.296 e. The fraction of sp³-hybridized carbons (Fsp3) is 0.0625. The van der Waals surface area contributed by atoms with Gasteiger partial charge < -0.3 is 9.52 Å². The third-order valence-corrected chi connectivity index (χ3v) is 9.46. The third kappa shape index (κ3) is 4.79. The molecule has 0 aliphatic carbocycles. The number of nitrogens with zero attached hydrogens (tertiary/aromatic N) is 4. The number of hydrogen-bond donors (Lipinski definition) is 1. The van der Waals surface area contributed by atoms with Crippen LogP contribution in [0.4, 0.5) is 10.8 Å². The number of aliphatic hydroxyl groups is 1. The topological polar surface area (TPSA) is 140 Å². The molecule has 0 saturated carbocycles. The fourth-order valence-corrected chi connectivity index (χ4v) is 7.14. The number of para-hydroxylation sites is 1. The van der Waals surface area contributed by atoms with Crippen molar-refractivity contribution in [1.29, 1.82) is 0 Å². The lowest BCUT2D eigenvalue weighted by molar-refractivity contribution is -0.384. The standard InChI is InChI=1S/C32H20N4O6S2/c37-28(25-16-20-7-2-4-11-24(20)42-25)26-27(19-12-14-22(15-13-19)36(40)41)35(30(39)29(26)38)31-33-34-32(44-31)43-17-21-9-5-8-18-6-1-3-10-23(18)21/h1-16,27,38H,17H2. The van der Waals surface area contributed by atoms with Crippen molar-refractivity contribution < 1.29 is 24.0 Å². The molecule has 1 amide bonds. The van der Waals surface area contributed by atoms with Gasteiger partial charge in [0.05, 0.1) is 16.5 Å². The average Bonchev–Trinajstić information content (AvgIpc) is 3.76. The lowest BCUT2D eigenvalue weighted by Crippen LogP contribution is -2.31. The molecular formula is C32H20N4O6S2. The van der Waals surface area contributed by atoms with E-state index in [0.717, 1.165) is 27.7 Å².